The number of esters is 3. The molecule has 162 valence electrons. The minimum atomic E-state index is -0.979. The highest BCUT2D eigenvalue weighted by atomic mass is 16.6. The molecule has 0 aromatic heterocycles. The number of ketones is 1. The maximum Gasteiger partial charge on any atom is 0.374 e. The summed E-state index contributed by atoms with van der Waals surface area (Å²) in [6.45, 7) is 1.12. The lowest BCUT2D eigenvalue weighted by atomic mass is 9.78. The molecule has 7 heteroatoms. The number of ether oxygens (including phenoxy) is 3. The maximum absolute atomic E-state index is 13.5. The Morgan fingerprint density at radius 1 is 0.906 bits per heavy atom. The Labute approximate surface area is 183 Å². The van der Waals surface area contributed by atoms with Crippen molar-refractivity contribution in [2.45, 2.75) is 31.7 Å². The maximum atomic E-state index is 13.5. The van der Waals surface area contributed by atoms with E-state index in [1.165, 1.54) is 0 Å². The molecular formula is C25H20O7. The third-order valence-corrected chi connectivity index (χ3v) is 7.36. The van der Waals surface area contributed by atoms with E-state index in [4.69, 9.17) is 14.2 Å². The van der Waals surface area contributed by atoms with Gasteiger partial charge in [0.05, 0.1) is 11.8 Å². The van der Waals surface area contributed by atoms with Crippen LogP contribution in [0.3, 0.4) is 0 Å². The van der Waals surface area contributed by atoms with Gasteiger partial charge in [-0.05, 0) is 17.5 Å². The van der Waals surface area contributed by atoms with E-state index in [9.17, 15) is 19.2 Å². The van der Waals surface area contributed by atoms with Crippen molar-refractivity contribution in [1.29, 1.82) is 0 Å². The van der Waals surface area contributed by atoms with Gasteiger partial charge in [0.25, 0.3) is 0 Å². The number of benzene rings is 2. The summed E-state index contributed by atoms with van der Waals surface area (Å²) in [6, 6.07) is 15.6. The predicted octanol–water partition coefficient (Wildman–Crippen LogP) is 2.61. The molecule has 6 atom stereocenters. The highest BCUT2D eigenvalue weighted by Gasteiger charge is 2.70. The molecule has 0 N–H and O–H groups in total. The predicted molar refractivity (Wildman–Crippen MR) is 109 cm³/mol. The Kier molecular flexibility index (Phi) is 4.06. The first-order chi connectivity index (χ1) is 15.5. The van der Waals surface area contributed by atoms with E-state index in [1.54, 1.807) is 0 Å². The van der Waals surface area contributed by atoms with Crippen molar-refractivity contribution in [2.75, 3.05) is 0 Å². The van der Waals surface area contributed by atoms with Gasteiger partial charge in [0.1, 0.15) is 12.2 Å². The van der Waals surface area contributed by atoms with Crippen LogP contribution in [0, 0.1) is 23.7 Å². The lowest BCUT2D eigenvalue weighted by Gasteiger charge is -2.30. The molecular weight excluding hydrogens is 412 g/mol. The van der Waals surface area contributed by atoms with E-state index in [1.807, 2.05) is 48.5 Å². The fourth-order valence-electron chi connectivity index (χ4n) is 6.11. The van der Waals surface area contributed by atoms with Gasteiger partial charge in [0, 0.05) is 29.9 Å². The van der Waals surface area contributed by atoms with Crippen LogP contribution in [-0.2, 0) is 33.4 Å². The summed E-state index contributed by atoms with van der Waals surface area (Å²) in [4.78, 5) is 49.4. The number of hydrogen-bond donors (Lipinski definition) is 0. The molecule has 1 saturated heterocycles. The number of carbonyl (C=O) groups is 4. The van der Waals surface area contributed by atoms with Crippen LogP contribution in [0.15, 0.2) is 48.5 Å². The van der Waals surface area contributed by atoms with Crippen LogP contribution in [0.2, 0.25) is 0 Å². The molecule has 1 aliphatic heterocycles. The number of Topliss-reactive ketones (excluding diaryl/α,β-unsaturated/α-hetero) is 1. The highest BCUT2D eigenvalue weighted by Crippen LogP contribution is 2.59. The van der Waals surface area contributed by atoms with Crippen LogP contribution in [0.25, 0.3) is 11.1 Å². The SMILES string of the molecule is CC(=O)C(=O)OC1C2CC3C1OC(=O)C3C2C(=O)OC1c2ccccc2-c2ccccc21. The molecule has 3 fully saturated rings. The first-order valence-corrected chi connectivity index (χ1v) is 10.8. The summed E-state index contributed by atoms with van der Waals surface area (Å²) in [6.07, 6.45) is -1.45. The third-order valence-electron chi connectivity index (χ3n) is 7.36. The molecule has 2 bridgehead atoms. The molecule has 1 heterocycles. The molecule has 6 rings (SSSR count). The molecule has 2 aromatic rings. The first kappa shape index (κ1) is 19.2. The fraction of sp³-hybridized carbons (Fsp3) is 0.360. The zero-order valence-electron chi connectivity index (χ0n) is 17.2. The van der Waals surface area contributed by atoms with E-state index in [-0.39, 0.29) is 5.92 Å². The molecule has 4 aliphatic rings. The monoisotopic (exact) mass is 432 g/mol. The van der Waals surface area contributed by atoms with E-state index >= 15 is 0 Å². The molecule has 3 aliphatic carbocycles. The Bertz CT molecular complexity index is 1140. The van der Waals surface area contributed by atoms with Crippen molar-refractivity contribution in [1.82, 2.24) is 0 Å². The zero-order chi connectivity index (χ0) is 22.1. The molecule has 32 heavy (non-hydrogen) atoms. The van der Waals surface area contributed by atoms with Crippen LogP contribution in [0.5, 0.6) is 0 Å². The Morgan fingerprint density at radius 3 is 2.16 bits per heavy atom. The minimum Gasteiger partial charge on any atom is -0.458 e. The standard InChI is InChI=1S/C25H20O7/c1-11(26)23(27)31-21-16-10-17-19(25(29)32-22(17)21)18(16)24(28)30-20-14-8-4-2-6-12(14)13-7-3-5-9-15(13)20/h2-9,16-22H,10H2,1H3. The molecule has 2 saturated carbocycles. The summed E-state index contributed by atoms with van der Waals surface area (Å²) >= 11 is 0. The van der Waals surface area contributed by atoms with E-state index in [2.05, 4.69) is 0 Å². The van der Waals surface area contributed by atoms with Gasteiger partial charge in [-0.1, -0.05) is 48.5 Å². The van der Waals surface area contributed by atoms with Crippen molar-refractivity contribution < 1.29 is 33.4 Å². The van der Waals surface area contributed by atoms with Crippen LogP contribution in [0.4, 0.5) is 0 Å². The largest absolute Gasteiger partial charge is 0.458 e. The van der Waals surface area contributed by atoms with Gasteiger partial charge in [-0.15, -0.1) is 0 Å². The third kappa shape index (κ3) is 2.54. The summed E-state index contributed by atoms with van der Waals surface area (Å²) in [5, 5.41) is 0. The quantitative estimate of drug-likeness (QED) is 0.416. The molecule has 0 spiro atoms. The van der Waals surface area contributed by atoms with Crippen LogP contribution < -0.4 is 0 Å². The second kappa shape index (κ2) is 6.76. The summed E-state index contributed by atoms with van der Waals surface area (Å²) < 4.78 is 16.9. The van der Waals surface area contributed by atoms with Gasteiger partial charge in [0.2, 0.25) is 5.78 Å². The van der Waals surface area contributed by atoms with Crippen molar-refractivity contribution in [3.8, 4) is 11.1 Å². The number of rotatable bonds is 4. The second-order valence-electron chi connectivity index (χ2n) is 8.93. The lowest BCUT2D eigenvalue weighted by Crippen LogP contribution is -2.44. The highest BCUT2D eigenvalue weighted by molar-refractivity contribution is 6.32. The van der Waals surface area contributed by atoms with Crippen LogP contribution in [0.1, 0.15) is 30.6 Å². The Morgan fingerprint density at radius 2 is 1.53 bits per heavy atom. The van der Waals surface area contributed by atoms with Gasteiger partial charge in [-0.2, -0.15) is 0 Å². The van der Waals surface area contributed by atoms with Gasteiger partial charge in [0.15, 0.2) is 6.10 Å². The molecule has 0 radical (unpaired) electrons. The minimum absolute atomic E-state index is 0.210. The lowest BCUT2D eigenvalue weighted by molar-refractivity contribution is -0.169. The zero-order valence-corrected chi connectivity index (χ0v) is 17.2. The fourth-order valence-corrected chi connectivity index (χ4v) is 6.11. The van der Waals surface area contributed by atoms with Crippen molar-refractivity contribution in [3.63, 3.8) is 0 Å². The van der Waals surface area contributed by atoms with Gasteiger partial charge in [-0.25, -0.2) is 4.79 Å². The van der Waals surface area contributed by atoms with Gasteiger partial charge >= 0.3 is 17.9 Å². The van der Waals surface area contributed by atoms with Crippen molar-refractivity contribution in [2.24, 2.45) is 23.7 Å². The van der Waals surface area contributed by atoms with Crippen molar-refractivity contribution in [3.05, 3.63) is 59.7 Å². The van der Waals surface area contributed by atoms with Crippen molar-refractivity contribution >= 4 is 23.7 Å². The number of fused-ring (bicyclic) bond motifs is 4. The molecule has 2 aromatic carbocycles. The van der Waals surface area contributed by atoms with E-state index in [0.29, 0.717) is 6.42 Å². The van der Waals surface area contributed by atoms with E-state index < -0.39 is 59.8 Å². The average Bonchev–Trinajstić information content (AvgIpc) is 3.48. The average molecular weight is 432 g/mol. The molecule has 7 nitrogen and oxygen atoms in total. The number of carbonyl (C=O) groups excluding carboxylic acids is 4. The Hall–Kier alpha value is -3.48. The van der Waals surface area contributed by atoms with Crippen LogP contribution in [-0.4, -0.2) is 35.9 Å². The second-order valence-corrected chi connectivity index (χ2v) is 8.93. The Balaban J connectivity index is 1.31. The summed E-state index contributed by atoms with van der Waals surface area (Å²) in [5.41, 5.74) is 3.83. The number of hydrogen-bond acceptors (Lipinski definition) is 7. The topological polar surface area (TPSA) is 96.0 Å². The van der Waals surface area contributed by atoms with E-state index in [0.717, 1.165) is 29.2 Å². The summed E-state index contributed by atoms with van der Waals surface area (Å²) in [5.74, 6) is -4.66. The van der Waals surface area contributed by atoms with Gasteiger partial charge < -0.3 is 14.2 Å². The first-order valence-electron chi connectivity index (χ1n) is 10.8. The molecule has 0 amide bonds. The normalized spacial score (nSPS) is 31.1. The molecule has 6 unspecified atom stereocenters. The summed E-state index contributed by atoms with van der Waals surface area (Å²) in [7, 11) is 0. The van der Waals surface area contributed by atoms with Gasteiger partial charge in [-0.3, -0.25) is 14.4 Å². The van der Waals surface area contributed by atoms with Crippen LogP contribution >= 0.6 is 0 Å². The smallest absolute Gasteiger partial charge is 0.374 e.